The molecule has 10 heteroatoms. The van der Waals surface area contributed by atoms with E-state index in [-0.39, 0.29) is 0 Å². The molecule has 0 atom stereocenters. The number of imidazole rings is 1. The number of fused-ring (bicyclic) bond motifs is 1. The summed E-state index contributed by atoms with van der Waals surface area (Å²) in [6.07, 6.45) is 4.31. The molecule has 0 saturated carbocycles. The van der Waals surface area contributed by atoms with E-state index < -0.39 is 11.2 Å². The molecule has 4 aromatic rings. The van der Waals surface area contributed by atoms with Crippen molar-refractivity contribution in [2.24, 2.45) is 0 Å². The van der Waals surface area contributed by atoms with Crippen molar-refractivity contribution in [2.45, 2.75) is 57.1 Å². The van der Waals surface area contributed by atoms with E-state index in [0.717, 1.165) is 35.9 Å². The first-order valence-corrected chi connectivity index (χ1v) is 11.4. The third kappa shape index (κ3) is 4.20. The lowest BCUT2D eigenvalue weighted by Crippen LogP contribution is -2.31. The minimum atomic E-state index is -0.407. The molecule has 1 aromatic carbocycles. The average molecular weight is 440 g/mol. The first kappa shape index (κ1) is 21.1. The van der Waals surface area contributed by atoms with Crippen molar-refractivity contribution in [3.8, 4) is 5.69 Å². The lowest BCUT2D eigenvalue weighted by molar-refractivity contribution is 0.612. The molecule has 1 N–H and O–H groups in total. The van der Waals surface area contributed by atoms with Crippen LogP contribution < -0.4 is 11.2 Å². The van der Waals surface area contributed by atoms with Gasteiger partial charge in [0.15, 0.2) is 16.3 Å². The number of benzene rings is 1. The third-order valence-corrected chi connectivity index (χ3v) is 5.97. The third-order valence-electron chi connectivity index (χ3n) is 5.03. The van der Waals surface area contributed by atoms with Crippen molar-refractivity contribution in [2.75, 3.05) is 0 Å². The highest BCUT2D eigenvalue weighted by molar-refractivity contribution is 7.98. The lowest BCUT2D eigenvalue weighted by Gasteiger charge is -2.08. The van der Waals surface area contributed by atoms with Crippen LogP contribution in [0.5, 0.6) is 0 Å². The Morgan fingerprint density at radius 1 is 1.03 bits per heavy atom. The number of aromatic nitrogens is 7. The molecule has 31 heavy (non-hydrogen) atoms. The Balaban J connectivity index is 1.72. The fourth-order valence-corrected chi connectivity index (χ4v) is 4.41. The molecule has 3 heterocycles. The summed E-state index contributed by atoms with van der Waals surface area (Å²) in [5, 5.41) is 9.03. The van der Waals surface area contributed by atoms with Gasteiger partial charge < -0.3 is 4.57 Å². The van der Waals surface area contributed by atoms with E-state index in [1.165, 1.54) is 11.8 Å². The van der Waals surface area contributed by atoms with E-state index in [9.17, 15) is 9.59 Å². The van der Waals surface area contributed by atoms with Crippen LogP contribution in [-0.4, -0.2) is 33.9 Å². The zero-order valence-corrected chi connectivity index (χ0v) is 18.4. The molecule has 0 bridgehead atoms. The fraction of sp³-hybridized carbons (Fsp3) is 0.381. The second-order valence-electron chi connectivity index (χ2n) is 7.22. The number of unbranched alkanes of at least 4 members (excludes halogenated alkanes) is 1. The summed E-state index contributed by atoms with van der Waals surface area (Å²) < 4.78 is 5.42. The molecule has 0 aliphatic rings. The number of nitrogens with one attached hydrogen (secondary N) is 1. The number of aryl methyl sites for hydroxylation is 2. The molecule has 0 spiro atoms. The first-order valence-electron chi connectivity index (χ1n) is 10.4. The van der Waals surface area contributed by atoms with Gasteiger partial charge in [0.25, 0.3) is 5.56 Å². The van der Waals surface area contributed by atoms with Crippen molar-refractivity contribution in [3.05, 3.63) is 63.3 Å². The van der Waals surface area contributed by atoms with E-state index in [0.29, 0.717) is 30.0 Å². The SMILES string of the molecule is CCCCn1c(=O)[nH]c(=O)c2c1nc(CSc1nncn1-c1ccccc1)n2CCC. The Labute approximate surface area is 183 Å². The molecule has 3 aromatic heterocycles. The van der Waals surface area contributed by atoms with Gasteiger partial charge in [0.2, 0.25) is 0 Å². The van der Waals surface area contributed by atoms with Crippen molar-refractivity contribution in [3.63, 3.8) is 0 Å². The standard InChI is InChI=1S/C21H25N7O2S/c1-3-5-12-27-18-17(19(29)24-20(27)30)26(11-4-2)16(23-18)13-31-21-25-22-14-28(21)15-9-7-6-8-10-15/h6-10,14H,3-5,11-13H2,1-2H3,(H,24,29,30). The van der Waals surface area contributed by atoms with Crippen LogP contribution in [0.3, 0.4) is 0 Å². The summed E-state index contributed by atoms with van der Waals surface area (Å²) in [5.74, 6) is 1.24. The van der Waals surface area contributed by atoms with Crippen LogP contribution in [0.15, 0.2) is 51.4 Å². The molecule has 0 radical (unpaired) electrons. The lowest BCUT2D eigenvalue weighted by atomic mass is 10.3. The second-order valence-corrected chi connectivity index (χ2v) is 8.17. The summed E-state index contributed by atoms with van der Waals surface area (Å²) in [4.78, 5) is 32.3. The number of aromatic amines is 1. The topological polar surface area (TPSA) is 103 Å². The first-order chi connectivity index (χ1) is 15.1. The average Bonchev–Trinajstić information content (AvgIpc) is 3.38. The molecule has 0 unspecified atom stereocenters. The highest BCUT2D eigenvalue weighted by Gasteiger charge is 2.19. The molecule has 0 saturated heterocycles. The van der Waals surface area contributed by atoms with E-state index in [1.807, 2.05) is 39.5 Å². The number of H-pyrrole nitrogens is 1. The van der Waals surface area contributed by atoms with Crippen molar-refractivity contribution >= 4 is 22.9 Å². The summed E-state index contributed by atoms with van der Waals surface area (Å²) in [6.45, 7) is 5.29. The Morgan fingerprint density at radius 3 is 2.58 bits per heavy atom. The molecule has 0 aliphatic heterocycles. The Bertz CT molecular complexity index is 1290. The van der Waals surface area contributed by atoms with Gasteiger partial charge in [-0.1, -0.05) is 50.2 Å². The smallest absolute Gasteiger partial charge is 0.321 e. The quantitative estimate of drug-likeness (QED) is 0.402. The van der Waals surface area contributed by atoms with Gasteiger partial charge in [0.1, 0.15) is 12.2 Å². The summed E-state index contributed by atoms with van der Waals surface area (Å²) >= 11 is 1.50. The molecule has 0 fully saturated rings. The van der Waals surface area contributed by atoms with Gasteiger partial charge in [-0.3, -0.25) is 18.9 Å². The Kier molecular flexibility index (Phi) is 6.36. The van der Waals surface area contributed by atoms with Crippen molar-refractivity contribution in [1.29, 1.82) is 0 Å². The van der Waals surface area contributed by atoms with Gasteiger partial charge in [0.05, 0.1) is 5.75 Å². The maximum atomic E-state index is 12.6. The molecule has 0 amide bonds. The Morgan fingerprint density at radius 2 is 1.84 bits per heavy atom. The molecule has 162 valence electrons. The minimum absolute atomic E-state index is 0.391. The zero-order valence-electron chi connectivity index (χ0n) is 17.6. The number of nitrogens with zero attached hydrogens (tertiary/aromatic N) is 6. The van der Waals surface area contributed by atoms with E-state index in [1.54, 1.807) is 10.9 Å². The van der Waals surface area contributed by atoms with Crippen LogP contribution >= 0.6 is 11.8 Å². The number of hydrogen-bond acceptors (Lipinski definition) is 6. The van der Waals surface area contributed by atoms with Gasteiger partial charge >= 0.3 is 5.69 Å². The summed E-state index contributed by atoms with van der Waals surface area (Å²) in [6, 6.07) is 9.87. The minimum Gasteiger partial charge on any atom is -0.321 e. The predicted octanol–water partition coefficient (Wildman–Crippen LogP) is 2.97. The van der Waals surface area contributed by atoms with Gasteiger partial charge in [-0.25, -0.2) is 9.78 Å². The van der Waals surface area contributed by atoms with Crippen molar-refractivity contribution in [1.82, 2.24) is 33.9 Å². The molecule has 0 aliphatic carbocycles. The molecule has 4 rings (SSSR count). The van der Waals surface area contributed by atoms with Crippen LogP contribution in [0.25, 0.3) is 16.9 Å². The summed E-state index contributed by atoms with van der Waals surface area (Å²) in [7, 11) is 0. The zero-order chi connectivity index (χ0) is 21.8. The predicted molar refractivity (Wildman–Crippen MR) is 121 cm³/mol. The van der Waals surface area contributed by atoms with Crippen LogP contribution in [0.1, 0.15) is 38.9 Å². The van der Waals surface area contributed by atoms with Crippen LogP contribution in [-0.2, 0) is 18.8 Å². The van der Waals surface area contributed by atoms with Crippen LogP contribution in [0, 0.1) is 0 Å². The number of hydrogen-bond donors (Lipinski definition) is 1. The van der Waals surface area contributed by atoms with Crippen molar-refractivity contribution < 1.29 is 0 Å². The maximum absolute atomic E-state index is 12.6. The van der Waals surface area contributed by atoms with Crippen LogP contribution in [0.4, 0.5) is 0 Å². The summed E-state index contributed by atoms with van der Waals surface area (Å²) in [5.41, 5.74) is 1.09. The van der Waals surface area contributed by atoms with E-state index in [2.05, 4.69) is 29.0 Å². The normalized spacial score (nSPS) is 11.4. The second kappa shape index (κ2) is 9.34. The van der Waals surface area contributed by atoms with Gasteiger partial charge in [-0.2, -0.15) is 0 Å². The maximum Gasteiger partial charge on any atom is 0.330 e. The highest BCUT2D eigenvalue weighted by atomic mass is 32.2. The van der Waals surface area contributed by atoms with E-state index >= 15 is 0 Å². The Hall–Kier alpha value is -3.14. The number of rotatable bonds is 9. The van der Waals surface area contributed by atoms with Gasteiger partial charge in [-0.15, -0.1) is 10.2 Å². The fourth-order valence-electron chi connectivity index (χ4n) is 3.53. The number of thioether (sulfide) groups is 1. The molecule has 9 nitrogen and oxygen atoms in total. The van der Waals surface area contributed by atoms with E-state index in [4.69, 9.17) is 4.98 Å². The highest BCUT2D eigenvalue weighted by Crippen LogP contribution is 2.24. The number of para-hydroxylation sites is 1. The molecular formula is C21H25N7O2S. The largest absolute Gasteiger partial charge is 0.330 e. The van der Waals surface area contributed by atoms with Crippen LogP contribution in [0.2, 0.25) is 0 Å². The monoisotopic (exact) mass is 439 g/mol. The molecular weight excluding hydrogens is 414 g/mol. The van der Waals surface area contributed by atoms with Gasteiger partial charge in [-0.05, 0) is 25.0 Å². The van der Waals surface area contributed by atoms with Gasteiger partial charge in [0, 0.05) is 18.8 Å².